The average molecular weight is 548 g/mol. The standard InChI is InChI=1S/C24H32N6O.HI/c1-19-18-30(14-15-31-19)23-16-20(8-11-26-23)17-28-24(25-2)27-10-5-12-29-13-9-21-6-3-4-7-22(21)29;/h3-4,6-9,11,13,16,19H,5,10,12,14-15,17-18H2,1-2H3,(H2,25,27,28);1H. The summed E-state index contributed by atoms with van der Waals surface area (Å²) in [6.45, 7) is 7.16. The maximum Gasteiger partial charge on any atom is 0.191 e. The van der Waals surface area contributed by atoms with Gasteiger partial charge in [0, 0.05) is 57.7 Å². The zero-order valence-electron chi connectivity index (χ0n) is 18.8. The van der Waals surface area contributed by atoms with Crippen LogP contribution in [0.5, 0.6) is 0 Å². The molecule has 172 valence electrons. The number of ether oxygens (including phenoxy) is 1. The Morgan fingerprint density at radius 3 is 2.94 bits per heavy atom. The van der Waals surface area contributed by atoms with Crippen LogP contribution in [-0.2, 0) is 17.8 Å². The summed E-state index contributed by atoms with van der Waals surface area (Å²) in [4.78, 5) is 11.2. The number of para-hydroxylation sites is 1. The summed E-state index contributed by atoms with van der Waals surface area (Å²) in [5, 5.41) is 8.11. The number of anilines is 1. The second kappa shape index (κ2) is 12.1. The first-order valence-corrected chi connectivity index (χ1v) is 11.0. The summed E-state index contributed by atoms with van der Waals surface area (Å²) in [6.07, 6.45) is 5.30. The lowest BCUT2D eigenvalue weighted by Crippen LogP contribution is -2.41. The monoisotopic (exact) mass is 548 g/mol. The van der Waals surface area contributed by atoms with Crippen molar-refractivity contribution in [3.63, 3.8) is 0 Å². The largest absolute Gasteiger partial charge is 0.375 e. The van der Waals surface area contributed by atoms with E-state index in [1.165, 1.54) is 16.5 Å². The van der Waals surface area contributed by atoms with E-state index in [2.05, 4.69) is 79.6 Å². The summed E-state index contributed by atoms with van der Waals surface area (Å²) >= 11 is 0. The van der Waals surface area contributed by atoms with Gasteiger partial charge in [0.05, 0.1) is 12.7 Å². The molecule has 0 amide bonds. The van der Waals surface area contributed by atoms with E-state index in [4.69, 9.17) is 4.74 Å². The number of aliphatic imine (C=N–C) groups is 1. The molecule has 3 aromatic rings. The van der Waals surface area contributed by atoms with Crippen LogP contribution in [0, 0.1) is 0 Å². The SMILES string of the molecule is CN=C(NCCCn1ccc2ccccc21)NCc1ccnc(N2CCOC(C)C2)c1.I. The minimum absolute atomic E-state index is 0. The third-order valence-corrected chi connectivity index (χ3v) is 5.61. The van der Waals surface area contributed by atoms with Crippen molar-refractivity contribution in [2.45, 2.75) is 32.5 Å². The normalized spacial score (nSPS) is 16.6. The fourth-order valence-corrected chi connectivity index (χ4v) is 3.97. The highest BCUT2D eigenvalue weighted by atomic mass is 127. The van der Waals surface area contributed by atoms with Crippen molar-refractivity contribution in [3.05, 3.63) is 60.4 Å². The van der Waals surface area contributed by atoms with E-state index >= 15 is 0 Å². The Morgan fingerprint density at radius 1 is 1.22 bits per heavy atom. The first kappa shape index (κ1) is 24.3. The zero-order chi connectivity index (χ0) is 21.5. The first-order valence-electron chi connectivity index (χ1n) is 11.0. The number of hydrogen-bond donors (Lipinski definition) is 2. The van der Waals surface area contributed by atoms with Crippen LogP contribution in [0.1, 0.15) is 18.9 Å². The molecule has 2 aromatic heterocycles. The van der Waals surface area contributed by atoms with Gasteiger partial charge in [0.2, 0.25) is 0 Å². The lowest BCUT2D eigenvalue weighted by molar-refractivity contribution is 0.0529. The number of guanidine groups is 1. The van der Waals surface area contributed by atoms with Gasteiger partial charge < -0.3 is 24.8 Å². The third kappa shape index (κ3) is 6.35. The number of pyridine rings is 1. The highest BCUT2D eigenvalue weighted by molar-refractivity contribution is 14.0. The molecule has 1 atom stereocenters. The van der Waals surface area contributed by atoms with Crippen LogP contribution in [0.15, 0.2) is 59.9 Å². The fourth-order valence-electron chi connectivity index (χ4n) is 3.97. The van der Waals surface area contributed by atoms with Crippen molar-refractivity contribution in [2.24, 2.45) is 4.99 Å². The predicted octanol–water partition coefficient (Wildman–Crippen LogP) is 3.63. The second-order valence-electron chi connectivity index (χ2n) is 7.92. The number of halogens is 1. The van der Waals surface area contributed by atoms with Crippen LogP contribution >= 0.6 is 24.0 Å². The number of aromatic nitrogens is 2. The topological polar surface area (TPSA) is 66.7 Å². The van der Waals surface area contributed by atoms with E-state index in [1.54, 1.807) is 0 Å². The molecule has 1 aliphatic rings. The number of hydrogen-bond acceptors (Lipinski definition) is 4. The highest BCUT2D eigenvalue weighted by Gasteiger charge is 2.18. The number of nitrogens with zero attached hydrogens (tertiary/aromatic N) is 4. The smallest absolute Gasteiger partial charge is 0.191 e. The van der Waals surface area contributed by atoms with E-state index in [9.17, 15) is 0 Å². The molecular formula is C24H33IN6O. The van der Waals surface area contributed by atoms with Gasteiger partial charge in [-0.05, 0) is 48.6 Å². The van der Waals surface area contributed by atoms with Crippen molar-refractivity contribution in [2.75, 3.05) is 38.2 Å². The molecule has 0 radical (unpaired) electrons. The summed E-state index contributed by atoms with van der Waals surface area (Å²) < 4.78 is 7.94. The number of fused-ring (bicyclic) bond motifs is 1. The van der Waals surface area contributed by atoms with Crippen LogP contribution in [0.2, 0.25) is 0 Å². The summed E-state index contributed by atoms with van der Waals surface area (Å²) in [7, 11) is 1.81. The van der Waals surface area contributed by atoms with Crippen LogP contribution in [-0.4, -0.2) is 54.9 Å². The van der Waals surface area contributed by atoms with E-state index in [0.29, 0.717) is 6.54 Å². The Balaban J connectivity index is 0.00000289. The number of aryl methyl sites for hydroxylation is 1. The van der Waals surface area contributed by atoms with Crippen molar-refractivity contribution < 1.29 is 4.74 Å². The fraction of sp³-hybridized carbons (Fsp3) is 0.417. The molecule has 1 saturated heterocycles. The molecule has 1 unspecified atom stereocenters. The maximum absolute atomic E-state index is 5.64. The van der Waals surface area contributed by atoms with Gasteiger partial charge in [0.15, 0.2) is 5.96 Å². The molecule has 3 heterocycles. The average Bonchev–Trinajstić information content (AvgIpc) is 3.22. The molecule has 2 N–H and O–H groups in total. The Labute approximate surface area is 207 Å². The number of rotatable bonds is 7. The number of benzene rings is 1. The van der Waals surface area contributed by atoms with Crippen LogP contribution < -0.4 is 15.5 Å². The van der Waals surface area contributed by atoms with Gasteiger partial charge in [-0.2, -0.15) is 0 Å². The summed E-state index contributed by atoms with van der Waals surface area (Å²) in [5.41, 5.74) is 2.47. The zero-order valence-corrected chi connectivity index (χ0v) is 21.2. The molecular weight excluding hydrogens is 515 g/mol. The third-order valence-electron chi connectivity index (χ3n) is 5.61. The minimum atomic E-state index is 0. The van der Waals surface area contributed by atoms with Gasteiger partial charge in [0.25, 0.3) is 0 Å². The van der Waals surface area contributed by atoms with E-state index in [1.807, 2.05) is 19.3 Å². The Kier molecular flexibility index (Phi) is 9.16. The molecule has 1 fully saturated rings. The Morgan fingerprint density at radius 2 is 2.09 bits per heavy atom. The van der Waals surface area contributed by atoms with E-state index in [0.717, 1.165) is 51.0 Å². The first-order chi connectivity index (χ1) is 15.2. The van der Waals surface area contributed by atoms with Crippen molar-refractivity contribution in [1.82, 2.24) is 20.2 Å². The molecule has 0 spiro atoms. The molecule has 0 aliphatic carbocycles. The van der Waals surface area contributed by atoms with Gasteiger partial charge in [-0.1, -0.05) is 18.2 Å². The van der Waals surface area contributed by atoms with Crippen molar-refractivity contribution in [1.29, 1.82) is 0 Å². The van der Waals surface area contributed by atoms with Crippen LogP contribution in [0.4, 0.5) is 5.82 Å². The molecule has 0 bridgehead atoms. The highest BCUT2D eigenvalue weighted by Crippen LogP contribution is 2.17. The molecule has 4 rings (SSSR count). The quantitative estimate of drug-likeness (QED) is 0.204. The van der Waals surface area contributed by atoms with Crippen molar-refractivity contribution in [3.8, 4) is 0 Å². The van der Waals surface area contributed by atoms with Gasteiger partial charge in [0.1, 0.15) is 5.82 Å². The number of nitrogens with one attached hydrogen (secondary N) is 2. The van der Waals surface area contributed by atoms with Gasteiger partial charge >= 0.3 is 0 Å². The van der Waals surface area contributed by atoms with Crippen molar-refractivity contribution >= 4 is 46.7 Å². The lowest BCUT2D eigenvalue weighted by Gasteiger charge is -2.32. The molecule has 32 heavy (non-hydrogen) atoms. The molecule has 7 nitrogen and oxygen atoms in total. The summed E-state index contributed by atoms with van der Waals surface area (Å²) in [6, 6.07) is 14.9. The molecule has 0 saturated carbocycles. The minimum Gasteiger partial charge on any atom is -0.375 e. The van der Waals surface area contributed by atoms with Gasteiger partial charge in [-0.25, -0.2) is 4.98 Å². The maximum atomic E-state index is 5.64. The summed E-state index contributed by atoms with van der Waals surface area (Å²) in [5.74, 6) is 1.83. The molecule has 1 aromatic carbocycles. The Hall–Kier alpha value is -2.33. The van der Waals surface area contributed by atoms with E-state index in [-0.39, 0.29) is 30.1 Å². The van der Waals surface area contributed by atoms with E-state index < -0.39 is 0 Å². The predicted molar refractivity (Wildman–Crippen MR) is 142 cm³/mol. The Bertz CT molecular complexity index is 1020. The lowest BCUT2D eigenvalue weighted by atomic mass is 10.2. The van der Waals surface area contributed by atoms with Gasteiger partial charge in [-0.15, -0.1) is 24.0 Å². The van der Waals surface area contributed by atoms with Crippen LogP contribution in [0.3, 0.4) is 0 Å². The van der Waals surface area contributed by atoms with Gasteiger partial charge in [-0.3, -0.25) is 4.99 Å². The second-order valence-corrected chi connectivity index (χ2v) is 7.92. The molecule has 8 heteroatoms. The number of morpholine rings is 1. The molecule has 1 aliphatic heterocycles. The van der Waals surface area contributed by atoms with Crippen LogP contribution in [0.25, 0.3) is 10.9 Å².